The molecular formula is C9H11ClO6S. The predicted octanol–water partition coefficient (Wildman–Crippen LogP) is 1.81. The molecule has 0 amide bonds. The van der Waals surface area contributed by atoms with Crippen LogP contribution in [0.4, 0.5) is 0 Å². The minimum absolute atomic E-state index is 0.00623. The lowest BCUT2D eigenvalue weighted by atomic mass is 10.3. The summed E-state index contributed by atoms with van der Waals surface area (Å²) in [6, 6.07) is 0.875. The van der Waals surface area contributed by atoms with Crippen LogP contribution in [0.1, 0.15) is 30.0 Å². The van der Waals surface area contributed by atoms with Gasteiger partial charge in [0.1, 0.15) is 17.1 Å². The largest absolute Gasteiger partial charge is 0.478 e. The van der Waals surface area contributed by atoms with Crippen LogP contribution in [-0.2, 0) is 13.8 Å². The number of aryl methyl sites for hydroxylation is 1. The Kier molecular flexibility index (Phi) is 5.37. The molecule has 96 valence electrons. The number of furan rings is 1. The van der Waals surface area contributed by atoms with Crippen LogP contribution >= 0.6 is 10.7 Å². The molecule has 1 heterocycles. The van der Waals surface area contributed by atoms with E-state index in [4.69, 9.17) is 15.8 Å². The Hall–Kier alpha value is -1.34. The van der Waals surface area contributed by atoms with Crippen LogP contribution in [0.5, 0.6) is 0 Å². The molecule has 0 spiro atoms. The lowest BCUT2D eigenvalue weighted by Crippen LogP contribution is -1.95. The summed E-state index contributed by atoms with van der Waals surface area (Å²) in [4.78, 5) is 19.9. The summed E-state index contributed by atoms with van der Waals surface area (Å²) in [5.41, 5.74) is -0.209. The second kappa shape index (κ2) is 5.83. The van der Waals surface area contributed by atoms with Gasteiger partial charge in [-0.15, -0.1) is 0 Å². The molecule has 0 aliphatic rings. The first-order valence-corrected chi connectivity index (χ1v) is 6.62. The van der Waals surface area contributed by atoms with Crippen molar-refractivity contribution in [3.8, 4) is 0 Å². The maximum Gasteiger partial charge on any atom is 0.339 e. The zero-order valence-corrected chi connectivity index (χ0v) is 10.9. The van der Waals surface area contributed by atoms with Gasteiger partial charge in [0.25, 0.3) is 9.05 Å². The van der Waals surface area contributed by atoms with E-state index >= 15 is 0 Å². The van der Waals surface area contributed by atoms with Crippen molar-refractivity contribution in [2.24, 2.45) is 0 Å². The van der Waals surface area contributed by atoms with Crippen LogP contribution in [0.25, 0.3) is 0 Å². The summed E-state index contributed by atoms with van der Waals surface area (Å²) in [6.45, 7) is 4.40. The Morgan fingerprint density at radius 3 is 1.94 bits per heavy atom. The lowest BCUT2D eigenvalue weighted by Gasteiger charge is -1.86. The Balaban J connectivity index is 0.000000557. The molecule has 0 bridgehead atoms. The zero-order valence-electron chi connectivity index (χ0n) is 9.35. The first kappa shape index (κ1) is 15.7. The Labute approximate surface area is 103 Å². The van der Waals surface area contributed by atoms with Gasteiger partial charge in [-0.2, -0.15) is 0 Å². The quantitative estimate of drug-likeness (QED) is 0.830. The van der Waals surface area contributed by atoms with E-state index in [1.54, 1.807) is 0 Å². The Morgan fingerprint density at radius 1 is 1.35 bits per heavy atom. The maximum absolute atomic E-state index is 10.7. The number of carbonyl (C=O) groups is 2. The van der Waals surface area contributed by atoms with E-state index < -0.39 is 20.1 Å². The molecule has 17 heavy (non-hydrogen) atoms. The highest BCUT2D eigenvalue weighted by Crippen LogP contribution is 2.21. The molecule has 1 aromatic heterocycles. The predicted molar refractivity (Wildman–Crippen MR) is 59.8 cm³/mol. The average Bonchev–Trinajstić information content (AvgIpc) is 2.44. The molecule has 0 saturated carbocycles. The third kappa shape index (κ3) is 5.50. The van der Waals surface area contributed by atoms with Crippen molar-refractivity contribution < 1.29 is 27.5 Å². The minimum atomic E-state index is -4.00. The molecule has 1 aromatic rings. The van der Waals surface area contributed by atoms with Crippen molar-refractivity contribution in [2.45, 2.75) is 25.9 Å². The highest BCUT2D eigenvalue weighted by atomic mass is 35.7. The number of rotatable bonds is 2. The van der Waals surface area contributed by atoms with E-state index in [9.17, 15) is 18.0 Å². The summed E-state index contributed by atoms with van der Waals surface area (Å²) < 4.78 is 26.0. The molecule has 0 atom stereocenters. The fourth-order valence-electron chi connectivity index (χ4n) is 0.787. The van der Waals surface area contributed by atoms with Crippen LogP contribution in [0.3, 0.4) is 0 Å². The first-order valence-electron chi connectivity index (χ1n) is 4.31. The van der Waals surface area contributed by atoms with Crippen molar-refractivity contribution in [3.05, 3.63) is 17.4 Å². The third-order valence-corrected chi connectivity index (χ3v) is 2.50. The highest BCUT2D eigenvalue weighted by molar-refractivity contribution is 8.13. The normalized spacial score (nSPS) is 10.4. The number of Topliss-reactive ketones (excluding diaryl/α,β-unsaturated/α-hetero) is 1. The summed E-state index contributed by atoms with van der Waals surface area (Å²) in [7, 11) is 0.938. The van der Waals surface area contributed by atoms with Gasteiger partial charge in [0.2, 0.25) is 5.09 Å². The van der Waals surface area contributed by atoms with Gasteiger partial charge >= 0.3 is 5.97 Å². The molecule has 8 heteroatoms. The van der Waals surface area contributed by atoms with Crippen molar-refractivity contribution in [1.29, 1.82) is 0 Å². The number of hydrogen-bond donors (Lipinski definition) is 1. The average molecular weight is 283 g/mol. The van der Waals surface area contributed by atoms with Crippen LogP contribution in [0.2, 0.25) is 0 Å². The Morgan fingerprint density at radius 2 is 1.76 bits per heavy atom. The van der Waals surface area contributed by atoms with Crippen LogP contribution in [-0.4, -0.2) is 25.3 Å². The highest BCUT2D eigenvalue weighted by Gasteiger charge is 2.21. The number of ketones is 1. The van der Waals surface area contributed by atoms with Crippen LogP contribution < -0.4 is 0 Å². The van der Waals surface area contributed by atoms with Gasteiger partial charge in [-0.05, 0) is 20.8 Å². The molecule has 1 N–H and O–H groups in total. The summed E-state index contributed by atoms with van der Waals surface area (Å²) >= 11 is 0. The van der Waals surface area contributed by atoms with Crippen LogP contribution in [0, 0.1) is 6.92 Å². The summed E-state index contributed by atoms with van der Waals surface area (Å²) in [6.07, 6.45) is 0. The van der Waals surface area contributed by atoms with E-state index in [1.165, 1.54) is 20.8 Å². The number of carbonyl (C=O) groups excluding carboxylic acids is 1. The number of halogens is 1. The van der Waals surface area contributed by atoms with Gasteiger partial charge in [-0.3, -0.25) is 0 Å². The second-order valence-corrected chi connectivity index (χ2v) is 5.68. The molecule has 0 aliphatic heterocycles. The molecule has 0 fully saturated rings. The fraction of sp³-hybridized carbons (Fsp3) is 0.333. The van der Waals surface area contributed by atoms with Gasteiger partial charge in [0.15, 0.2) is 0 Å². The smallest absolute Gasteiger partial charge is 0.339 e. The number of carboxylic acids is 1. The van der Waals surface area contributed by atoms with E-state index in [0.29, 0.717) is 0 Å². The van der Waals surface area contributed by atoms with Gasteiger partial charge < -0.3 is 14.3 Å². The zero-order chi connectivity index (χ0) is 13.8. The molecular weight excluding hydrogens is 272 g/mol. The molecule has 1 rings (SSSR count). The van der Waals surface area contributed by atoms with Crippen molar-refractivity contribution in [3.63, 3.8) is 0 Å². The third-order valence-electron chi connectivity index (χ3n) is 1.37. The van der Waals surface area contributed by atoms with Crippen LogP contribution in [0.15, 0.2) is 15.6 Å². The van der Waals surface area contributed by atoms with Gasteiger partial charge in [-0.25, -0.2) is 13.2 Å². The maximum atomic E-state index is 10.7. The van der Waals surface area contributed by atoms with Crippen molar-refractivity contribution in [2.75, 3.05) is 0 Å². The fourth-order valence-corrected chi connectivity index (χ4v) is 1.50. The second-order valence-electron chi connectivity index (χ2n) is 3.19. The SMILES string of the molecule is CC(C)=O.Cc1oc(S(=O)(=O)Cl)cc1C(=O)O. The number of aromatic carboxylic acids is 1. The van der Waals surface area contributed by atoms with Gasteiger partial charge in [-0.1, -0.05) is 0 Å². The van der Waals surface area contributed by atoms with E-state index in [0.717, 1.165) is 6.07 Å². The summed E-state index contributed by atoms with van der Waals surface area (Å²) in [5.74, 6) is -1.08. The summed E-state index contributed by atoms with van der Waals surface area (Å²) in [5, 5.41) is 8.00. The molecule has 0 aromatic carbocycles. The van der Waals surface area contributed by atoms with Gasteiger partial charge in [0.05, 0.1) is 0 Å². The molecule has 0 radical (unpaired) electrons. The van der Waals surface area contributed by atoms with E-state index in [2.05, 4.69) is 4.42 Å². The van der Waals surface area contributed by atoms with Crippen molar-refractivity contribution in [1.82, 2.24) is 0 Å². The van der Waals surface area contributed by atoms with Gasteiger partial charge in [0, 0.05) is 16.7 Å². The standard InChI is InChI=1S/C6H5ClO5S.C3H6O/c1-3-4(6(8)9)2-5(12-3)13(7,10)11;1-3(2)4/h2H,1H3,(H,8,9);1-2H3. The molecule has 0 unspecified atom stereocenters. The molecule has 0 aliphatic carbocycles. The lowest BCUT2D eigenvalue weighted by molar-refractivity contribution is -0.115. The molecule has 6 nitrogen and oxygen atoms in total. The Bertz CT molecular complexity index is 524. The minimum Gasteiger partial charge on any atom is -0.478 e. The van der Waals surface area contributed by atoms with E-state index in [-0.39, 0.29) is 17.1 Å². The van der Waals surface area contributed by atoms with E-state index in [1.807, 2.05) is 0 Å². The topological polar surface area (TPSA) is 102 Å². The number of hydrogen-bond acceptors (Lipinski definition) is 5. The monoisotopic (exact) mass is 282 g/mol. The number of carboxylic acid groups (broad SMARTS) is 1. The first-order chi connectivity index (χ1) is 7.55. The van der Waals surface area contributed by atoms with Crippen molar-refractivity contribution >= 4 is 31.5 Å². The molecule has 0 saturated heterocycles.